The zero-order valence-electron chi connectivity index (χ0n) is 12.1. The number of imidazole rings is 1. The van der Waals surface area contributed by atoms with Gasteiger partial charge in [-0.15, -0.1) is 0 Å². The Balaban J connectivity index is 1.69. The fraction of sp³-hybridized carbons (Fsp3) is 0.167. The normalized spacial score (nSPS) is 10.5. The minimum Gasteiger partial charge on any atom is -0.426 e. The molecule has 3 nitrogen and oxygen atoms in total. The Morgan fingerprint density at radius 1 is 0.952 bits per heavy atom. The van der Waals surface area contributed by atoms with Gasteiger partial charge < -0.3 is 9.30 Å². The maximum atomic E-state index is 5.80. The maximum absolute atomic E-state index is 5.80. The number of rotatable bonds is 5. The van der Waals surface area contributed by atoms with Crippen molar-refractivity contribution >= 4 is 0 Å². The van der Waals surface area contributed by atoms with Crippen molar-refractivity contribution in [3.05, 3.63) is 78.1 Å². The Hall–Kier alpha value is -2.55. The van der Waals surface area contributed by atoms with Crippen molar-refractivity contribution in [2.45, 2.75) is 19.9 Å². The Labute approximate surface area is 124 Å². The first-order valence-electron chi connectivity index (χ1n) is 7.17. The molecule has 3 heteroatoms. The molecule has 0 unspecified atom stereocenters. The van der Waals surface area contributed by atoms with E-state index in [0.29, 0.717) is 6.01 Å². The number of benzene rings is 2. The number of nitrogens with zero attached hydrogens (tertiary/aromatic N) is 2. The minimum absolute atomic E-state index is 0.633. The van der Waals surface area contributed by atoms with Crippen LogP contribution >= 0.6 is 0 Å². The van der Waals surface area contributed by atoms with Crippen molar-refractivity contribution in [3.63, 3.8) is 0 Å². The lowest BCUT2D eigenvalue weighted by molar-refractivity contribution is 0.415. The highest BCUT2D eigenvalue weighted by atomic mass is 16.5. The summed E-state index contributed by atoms with van der Waals surface area (Å²) >= 11 is 0. The van der Waals surface area contributed by atoms with Gasteiger partial charge in [0, 0.05) is 18.9 Å². The van der Waals surface area contributed by atoms with Crippen LogP contribution in [0.5, 0.6) is 11.8 Å². The van der Waals surface area contributed by atoms with E-state index in [9.17, 15) is 0 Å². The Bertz CT molecular complexity index is 687. The molecule has 0 aliphatic heterocycles. The molecule has 0 radical (unpaired) electrons. The molecule has 0 aliphatic rings. The van der Waals surface area contributed by atoms with E-state index in [1.54, 1.807) is 6.20 Å². The summed E-state index contributed by atoms with van der Waals surface area (Å²) in [7, 11) is 0. The van der Waals surface area contributed by atoms with Crippen LogP contribution in [0.4, 0.5) is 0 Å². The lowest BCUT2D eigenvalue weighted by Gasteiger charge is -2.07. The number of ether oxygens (including phenoxy) is 1. The molecule has 1 heterocycles. The van der Waals surface area contributed by atoms with Gasteiger partial charge in [-0.05, 0) is 36.6 Å². The molecule has 21 heavy (non-hydrogen) atoms. The van der Waals surface area contributed by atoms with Gasteiger partial charge in [-0.1, -0.05) is 42.5 Å². The second-order valence-electron chi connectivity index (χ2n) is 4.90. The third-order valence-electron chi connectivity index (χ3n) is 3.40. The van der Waals surface area contributed by atoms with E-state index in [0.717, 1.165) is 18.7 Å². The number of aryl methyl sites for hydroxylation is 1. The second kappa shape index (κ2) is 6.27. The van der Waals surface area contributed by atoms with Crippen molar-refractivity contribution in [1.29, 1.82) is 0 Å². The van der Waals surface area contributed by atoms with Crippen LogP contribution in [0.2, 0.25) is 0 Å². The lowest BCUT2D eigenvalue weighted by atomic mass is 10.1. The van der Waals surface area contributed by atoms with Gasteiger partial charge in [0.25, 0.3) is 0 Å². The Morgan fingerprint density at radius 3 is 2.38 bits per heavy atom. The molecule has 0 amide bonds. The summed E-state index contributed by atoms with van der Waals surface area (Å²) in [6.07, 6.45) is 4.60. The molecular formula is C18H18N2O. The van der Waals surface area contributed by atoms with E-state index in [2.05, 4.69) is 48.3 Å². The molecular weight excluding hydrogens is 260 g/mol. The number of aromatic nitrogens is 2. The third kappa shape index (κ3) is 3.31. The fourth-order valence-corrected chi connectivity index (χ4v) is 2.25. The molecule has 0 bridgehead atoms. The van der Waals surface area contributed by atoms with Crippen LogP contribution in [0.25, 0.3) is 0 Å². The molecule has 3 aromatic rings. The highest BCUT2D eigenvalue weighted by molar-refractivity contribution is 5.32. The largest absolute Gasteiger partial charge is 0.426 e. The molecule has 0 N–H and O–H groups in total. The summed E-state index contributed by atoms with van der Waals surface area (Å²) in [5.74, 6) is 0.813. The average Bonchev–Trinajstić information content (AvgIpc) is 2.97. The van der Waals surface area contributed by atoms with Crippen molar-refractivity contribution in [3.8, 4) is 11.8 Å². The molecule has 0 saturated carbocycles. The molecule has 2 aromatic carbocycles. The summed E-state index contributed by atoms with van der Waals surface area (Å²) in [5.41, 5.74) is 2.58. The zero-order chi connectivity index (χ0) is 14.5. The van der Waals surface area contributed by atoms with Crippen LogP contribution < -0.4 is 4.74 Å². The smallest absolute Gasteiger partial charge is 0.301 e. The van der Waals surface area contributed by atoms with Gasteiger partial charge in [-0.2, -0.15) is 0 Å². The van der Waals surface area contributed by atoms with E-state index in [1.165, 1.54) is 11.1 Å². The predicted octanol–water partition coefficient (Wildman–Crippen LogP) is 4.29. The Morgan fingerprint density at radius 2 is 1.67 bits per heavy atom. The topological polar surface area (TPSA) is 27.1 Å². The van der Waals surface area contributed by atoms with Gasteiger partial charge in [0.15, 0.2) is 0 Å². The quantitative estimate of drug-likeness (QED) is 0.696. The molecule has 0 saturated heterocycles. The van der Waals surface area contributed by atoms with Crippen LogP contribution in [0.15, 0.2) is 67.0 Å². The van der Waals surface area contributed by atoms with Crippen LogP contribution in [0.1, 0.15) is 18.1 Å². The summed E-state index contributed by atoms with van der Waals surface area (Å²) in [6, 6.07) is 19.3. The highest BCUT2D eigenvalue weighted by Gasteiger charge is 2.04. The van der Waals surface area contributed by atoms with E-state index >= 15 is 0 Å². The first-order valence-corrected chi connectivity index (χ1v) is 7.17. The standard InChI is InChI=1S/C18H18N2O/c1-2-20-13-12-19-18(20)21-17-10-8-16(9-11-17)14-15-6-4-3-5-7-15/h3-13H,2,14H2,1H3. The first kappa shape index (κ1) is 13.4. The van der Waals surface area contributed by atoms with Gasteiger partial charge in [0.05, 0.1) is 0 Å². The van der Waals surface area contributed by atoms with Crippen LogP contribution in [-0.4, -0.2) is 9.55 Å². The van der Waals surface area contributed by atoms with Crippen molar-refractivity contribution in [1.82, 2.24) is 9.55 Å². The second-order valence-corrected chi connectivity index (χ2v) is 4.90. The molecule has 106 valence electrons. The van der Waals surface area contributed by atoms with Gasteiger partial charge in [-0.25, -0.2) is 4.98 Å². The lowest BCUT2D eigenvalue weighted by Crippen LogP contribution is -1.97. The van der Waals surface area contributed by atoms with Gasteiger partial charge >= 0.3 is 6.01 Å². The number of hydrogen-bond acceptors (Lipinski definition) is 2. The summed E-state index contributed by atoms with van der Waals surface area (Å²) in [4.78, 5) is 4.21. The van der Waals surface area contributed by atoms with Crippen LogP contribution in [0.3, 0.4) is 0 Å². The highest BCUT2D eigenvalue weighted by Crippen LogP contribution is 2.21. The predicted molar refractivity (Wildman–Crippen MR) is 83.7 cm³/mol. The zero-order valence-corrected chi connectivity index (χ0v) is 12.1. The van der Waals surface area contributed by atoms with Gasteiger partial charge in [0.1, 0.15) is 5.75 Å². The molecule has 1 aromatic heterocycles. The summed E-state index contributed by atoms with van der Waals surface area (Å²) in [6.45, 7) is 2.92. The first-order chi connectivity index (χ1) is 10.3. The summed E-state index contributed by atoms with van der Waals surface area (Å²) < 4.78 is 7.77. The van der Waals surface area contributed by atoms with Crippen LogP contribution in [-0.2, 0) is 13.0 Å². The molecule has 0 aliphatic carbocycles. The summed E-state index contributed by atoms with van der Waals surface area (Å²) in [5, 5.41) is 0. The molecule has 0 spiro atoms. The molecule has 0 fully saturated rings. The number of hydrogen-bond donors (Lipinski definition) is 0. The van der Waals surface area contributed by atoms with Gasteiger partial charge in [0.2, 0.25) is 0 Å². The third-order valence-corrected chi connectivity index (χ3v) is 3.40. The fourth-order valence-electron chi connectivity index (χ4n) is 2.25. The molecule has 0 atom stereocenters. The van der Waals surface area contributed by atoms with Crippen molar-refractivity contribution in [2.75, 3.05) is 0 Å². The molecule has 3 rings (SSSR count). The minimum atomic E-state index is 0.633. The van der Waals surface area contributed by atoms with Crippen molar-refractivity contribution in [2.24, 2.45) is 0 Å². The average molecular weight is 278 g/mol. The maximum Gasteiger partial charge on any atom is 0.301 e. The van der Waals surface area contributed by atoms with E-state index < -0.39 is 0 Å². The van der Waals surface area contributed by atoms with Crippen LogP contribution in [0, 0.1) is 0 Å². The Kier molecular flexibility index (Phi) is 4.01. The van der Waals surface area contributed by atoms with E-state index in [4.69, 9.17) is 4.74 Å². The SMILES string of the molecule is CCn1ccnc1Oc1ccc(Cc2ccccc2)cc1. The van der Waals surface area contributed by atoms with Crippen molar-refractivity contribution < 1.29 is 4.74 Å². The van der Waals surface area contributed by atoms with Gasteiger partial charge in [-0.3, -0.25) is 0 Å². The monoisotopic (exact) mass is 278 g/mol. The van der Waals surface area contributed by atoms with E-state index in [1.807, 2.05) is 29.0 Å². The van der Waals surface area contributed by atoms with E-state index in [-0.39, 0.29) is 0 Å².